The highest BCUT2D eigenvalue weighted by atomic mass is 16.5. The van der Waals surface area contributed by atoms with Crippen LogP contribution in [0, 0.1) is 11.3 Å². The molecule has 0 radical (unpaired) electrons. The monoisotopic (exact) mass is 211 g/mol. The Morgan fingerprint density at radius 3 is 2.40 bits per heavy atom. The van der Waals surface area contributed by atoms with E-state index in [1.165, 1.54) is 6.20 Å². The lowest BCUT2D eigenvalue weighted by Gasteiger charge is -2.25. The molecule has 84 valence electrons. The first-order valence-electron chi connectivity index (χ1n) is 4.97. The standard InChI is InChI=1S/C8H11N3O2.C2H6/c9-5-7(8(10)12)6-11-1-3-13-4-2-11;1-2/h6H,1-4H2,(H2,10,12);1-2H3/b7-6+;. The summed E-state index contributed by atoms with van der Waals surface area (Å²) in [5.74, 6) is -0.686. The largest absolute Gasteiger partial charge is 0.378 e. The third-order valence-electron chi connectivity index (χ3n) is 1.74. The molecule has 1 amide bonds. The summed E-state index contributed by atoms with van der Waals surface area (Å²) < 4.78 is 5.11. The highest BCUT2D eigenvalue weighted by molar-refractivity contribution is 5.95. The molecule has 0 aromatic rings. The van der Waals surface area contributed by atoms with Gasteiger partial charge in [-0.3, -0.25) is 4.79 Å². The van der Waals surface area contributed by atoms with E-state index in [2.05, 4.69) is 0 Å². The summed E-state index contributed by atoms with van der Waals surface area (Å²) in [6.45, 7) is 6.62. The Morgan fingerprint density at radius 1 is 1.47 bits per heavy atom. The number of carbonyl (C=O) groups is 1. The van der Waals surface area contributed by atoms with Gasteiger partial charge in [-0.25, -0.2) is 0 Å². The van der Waals surface area contributed by atoms with Crippen LogP contribution in [0.3, 0.4) is 0 Å². The number of ether oxygens (including phenoxy) is 1. The Morgan fingerprint density at radius 2 is 2.00 bits per heavy atom. The molecule has 1 rings (SSSR count). The minimum atomic E-state index is -0.686. The highest BCUT2D eigenvalue weighted by Gasteiger charge is 2.10. The molecule has 0 aliphatic carbocycles. The van der Waals surface area contributed by atoms with E-state index in [0.29, 0.717) is 26.3 Å². The van der Waals surface area contributed by atoms with Crippen LogP contribution in [0.2, 0.25) is 0 Å². The summed E-state index contributed by atoms with van der Waals surface area (Å²) in [7, 11) is 0. The van der Waals surface area contributed by atoms with Crippen LogP contribution in [0.4, 0.5) is 0 Å². The zero-order valence-electron chi connectivity index (χ0n) is 9.19. The minimum Gasteiger partial charge on any atom is -0.378 e. The van der Waals surface area contributed by atoms with Gasteiger partial charge in [0.15, 0.2) is 0 Å². The van der Waals surface area contributed by atoms with Crippen LogP contribution in [0.15, 0.2) is 11.8 Å². The van der Waals surface area contributed by atoms with Gasteiger partial charge in [-0.05, 0) is 0 Å². The SMILES string of the molecule is CC.N#C/C(=C\N1CCOCC1)C(N)=O. The first-order valence-corrected chi connectivity index (χ1v) is 4.97. The molecule has 0 unspecified atom stereocenters. The van der Waals surface area contributed by atoms with E-state index < -0.39 is 5.91 Å². The van der Waals surface area contributed by atoms with Crippen molar-refractivity contribution in [3.8, 4) is 6.07 Å². The molecule has 2 N–H and O–H groups in total. The number of nitrogens with zero attached hydrogens (tertiary/aromatic N) is 2. The lowest BCUT2D eigenvalue weighted by Crippen LogP contribution is -2.33. The summed E-state index contributed by atoms with van der Waals surface area (Å²) in [6, 6.07) is 1.75. The van der Waals surface area contributed by atoms with Gasteiger partial charge < -0.3 is 15.4 Å². The van der Waals surface area contributed by atoms with Crippen LogP contribution in [0.25, 0.3) is 0 Å². The van der Waals surface area contributed by atoms with Crippen LogP contribution >= 0.6 is 0 Å². The first kappa shape index (κ1) is 13.5. The van der Waals surface area contributed by atoms with E-state index in [4.69, 9.17) is 15.7 Å². The van der Waals surface area contributed by atoms with Gasteiger partial charge in [-0.15, -0.1) is 0 Å². The molecular formula is C10H17N3O2. The summed E-state index contributed by atoms with van der Waals surface area (Å²) in [4.78, 5) is 12.5. The molecule has 0 spiro atoms. The average Bonchev–Trinajstić information content (AvgIpc) is 2.29. The summed E-state index contributed by atoms with van der Waals surface area (Å²) in [5, 5.41) is 8.55. The van der Waals surface area contributed by atoms with Crippen molar-refractivity contribution >= 4 is 5.91 Å². The molecule has 0 aromatic carbocycles. The average molecular weight is 211 g/mol. The third-order valence-corrected chi connectivity index (χ3v) is 1.74. The van der Waals surface area contributed by atoms with Crippen LogP contribution in [-0.4, -0.2) is 37.1 Å². The lowest BCUT2D eigenvalue weighted by atomic mass is 10.3. The zero-order chi connectivity index (χ0) is 11.7. The van der Waals surface area contributed by atoms with Crippen molar-refractivity contribution < 1.29 is 9.53 Å². The molecule has 15 heavy (non-hydrogen) atoms. The van der Waals surface area contributed by atoms with Crippen molar-refractivity contribution in [1.82, 2.24) is 4.90 Å². The van der Waals surface area contributed by atoms with Crippen molar-refractivity contribution in [1.29, 1.82) is 5.26 Å². The van der Waals surface area contributed by atoms with E-state index >= 15 is 0 Å². The molecule has 0 aromatic heterocycles. The van der Waals surface area contributed by atoms with Crippen molar-refractivity contribution in [3.05, 3.63) is 11.8 Å². The number of primary amides is 1. The molecule has 5 nitrogen and oxygen atoms in total. The van der Waals surface area contributed by atoms with Gasteiger partial charge in [0.1, 0.15) is 11.6 Å². The lowest BCUT2D eigenvalue weighted by molar-refractivity contribution is -0.114. The second-order valence-corrected chi connectivity index (χ2v) is 2.67. The predicted octanol–water partition coefficient (Wildman–Crippen LogP) is 0.238. The fourth-order valence-corrected chi connectivity index (χ4v) is 1.04. The van der Waals surface area contributed by atoms with Crippen molar-refractivity contribution in [2.24, 2.45) is 5.73 Å². The molecule has 1 aliphatic heterocycles. The number of nitrogens with two attached hydrogens (primary N) is 1. The molecule has 1 saturated heterocycles. The molecule has 0 bridgehead atoms. The van der Waals surface area contributed by atoms with E-state index in [1.54, 1.807) is 6.07 Å². The smallest absolute Gasteiger partial charge is 0.260 e. The quantitative estimate of drug-likeness (QED) is 0.524. The van der Waals surface area contributed by atoms with Crippen LogP contribution in [0.1, 0.15) is 13.8 Å². The minimum absolute atomic E-state index is 0.0121. The van der Waals surface area contributed by atoms with Crippen molar-refractivity contribution in [3.63, 3.8) is 0 Å². The number of amides is 1. The first-order chi connectivity index (χ1) is 7.24. The summed E-state index contributed by atoms with van der Waals surface area (Å²) >= 11 is 0. The highest BCUT2D eigenvalue weighted by Crippen LogP contribution is 2.01. The van der Waals surface area contributed by atoms with Gasteiger partial charge in [0.05, 0.1) is 13.2 Å². The Hall–Kier alpha value is -1.54. The topological polar surface area (TPSA) is 79.3 Å². The molecule has 1 fully saturated rings. The molecule has 0 saturated carbocycles. The molecule has 5 heteroatoms. The fraction of sp³-hybridized carbons (Fsp3) is 0.600. The van der Waals surface area contributed by atoms with Gasteiger partial charge in [0, 0.05) is 19.3 Å². The van der Waals surface area contributed by atoms with Crippen molar-refractivity contribution in [2.75, 3.05) is 26.3 Å². The van der Waals surface area contributed by atoms with Gasteiger partial charge in [-0.2, -0.15) is 5.26 Å². The Labute approximate surface area is 90.1 Å². The third kappa shape index (κ3) is 5.03. The Bertz CT molecular complexity index is 262. The zero-order valence-corrected chi connectivity index (χ0v) is 9.19. The van der Waals surface area contributed by atoms with E-state index in [0.717, 1.165) is 0 Å². The molecule has 0 atom stereocenters. The number of carbonyl (C=O) groups excluding carboxylic acids is 1. The van der Waals surface area contributed by atoms with E-state index in [1.807, 2.05) is 18.7 Å². The van der Waals surface area contributed by atoms with Gasteiger partial charge in [-0.1, -0.05) is 13.8 Å². The maximum Gasteiger partial charge on any atom is 0.260 e. The number of rotatable bonds is 2. The number of hydrogen-bond acceptors (Lipinski definition) is 4. The number of hydrogen-bond donors (Lipinski definition) is 1. The number of morpholine rings is 1. The molecular weight excluding hydrogens is 194 g/mol. The van der Waals surface area contributed by atoms with Gasteiger partial charge in [0.25, 0.3) is 5.91 Å². The van der Waals surface area contributed by atoms with Crippen LogP contribution in [-0.2, 0) is 9.53 Å². The fourth-order valence-electron chi connectivity index (χ4n) is 1.04. The Balaban J connectivity index is 0.000000921. The van der Waals surface area contributed by atoms with E-state index in [-0.39, 0.29) is 5.57 Å². The van der Waals surface area contributed by atoms with E-state index in [9.17, 15) is 4.79 Å². The second-order valence-electron chi connectivity index (χ2n) is 2.67. The summed E-state index contributed by atoms with van der Waals surface area (Å²) in [6.07, 6.45) is 1.49. The molecule has 1 heterocycles. The molecule has 1 aliphatic rings. The van der Waals surface area contributed by atoms with Crippen LogP contribution < -0.4 is 5.73 Å². The number of nitriles is 1. The maximum atomic E-state index is 10.7. The second kappa shape index (κ2) is 7.83. The Kier molecular flexibility index (Phi) is 7.02. The van der Waals surface area contributed by atoms with Crippen LogP contribution in [0.5, 0.6) is 0 Å². The maximum absolute atomic E-state index is 10.7. The van der Waals surface area contributed by atoms with Gasteiger partial charge >= 0.3 is 0 Å². The van der Waals surface area contributed by atoms with Crippen molar-refractivity contribution in [2.45, 2.75) is 13.8 Å². The normalized spacial score (nSPS) is 16.1. The summed E-state index contributed by atoms with van der Waals surface area (Å²) in [5.41, 5.74) is 4.96. The van der Waals surface area contributed by atoms with Gasteiger partial charge in [0.2, 0.25) is 0 Å². The predicted molar refractivity (Wildman–Crippen MR) is 56.6 cm³/mol.